The SMILES string of the molecule is Cc1cc(OCC2(C)COC2)cc(C)c1-c1cc(F)c(F)c2c1CC[C@H]2Oc1ccc2c(c1)OCC2CC(=O)O. The Morgan fingerprint density at radius 3 is 2.52 bits per heavy atom. The third-order valence-electron chi connectivity index (χ3n) is 8.17. The summed E-state index contributed by atoms with van der Waals surface area (Å²) in [6.07, 6.45) is 0.371. The van der Waals surface area contributed by atoms with Gasteiger partial charge in [-0.05, 0) is 78.8 Å². The topological polar surface area (TPSA) is 74.2 Å². The molecule has 8 heteroatoms. The van der Waals surface area contributed by atoms with Gasteiger partial charge in [0.15, 0.2) is 11.6 Å². The summed E-state index contributed by atoms with van der Waals surface area (Å²) in [4.78, 5) is 11.1. The number of hydrogen-bond acceptors (Lipinski definition) is 5. The van der Waals surface area contributed by atoms with Crippen LogP contribution in [-0.2, 0) is 16.0 Å². The van der Waals surface area contributed by atoms with Crippen molar-refractivity contribution < 1.29 is 37.6 Å². The van der Waals surface area contributed by atoms with E-state index < -0.39 is 23.7 Å². The second-order valence-corrected chi connectivity index (χ2v) is 11.6. The monoisotopic (exact) mass is 550 g/mol. The van der Waals surface area contributed by atoms with Gasteiger partial charge in [-0.15, -0.1) is 0 Å². The molecule has 1 aliphatic carbocycles. The summed E-state index contributed by atoms with van der Waals surface area (Å²) in [7, 11) is 0. The predicted octanol–water partition coefficient (Wildman–Crippen LogP) is 6.68. The first-order valence-electron chi connectivity index (χ1n) is 13.6. The molecule has 1 fully saturated rings. The maximum Gasteiger partial charge on any atom is 0.304 e. The van der Waals surface area contributed by atoms with Crippen LogP contribution in [0.4, 0.5) is 8.78 Å². The Morgan fingerprint density at radius 2 is 1.85 bits per heavy atom. The molecule has 6 nitrogen and oxygen atoms in total. The van der Waals surface area contributed by atoms with Gasteiger partial charge in [0.25, 0.3) is 0 Å². The highest BCUT2D eigenvalue weighted by Crippen LogP contribution is 2.46. The standard InChI is InChI=1S/C32H32F2O6/c1-17-8-21(39-16-32(3)14-37-15-32)9-18(2)29(17)24-12-25(33)31(34)30-23(24)6-7-26(30)40-20-4-5-22-19(10-28(35)36)13-38-27(22)11-20/h4-5,8-9,11-12,19,26H,6-7,10,13-16H2,1-3H3,(H,35,36)/t19?,26-/m1/s1. The van der Waals surface area contributed by atoms with Crippen LogP contribution < -0.4 is 14.2 Å². The number of fused-ring (bicyclic) bond motifs is 2. The molecule has 0 bridgehead atoms. The van der Waals surface area contributed by atoms with Gasteiger partial charge in [0, 0.05) is 28.5 Å². The fraction of sp³-hybridized carbons (Fsp3) is 0.406. The van der Waals surface area contributed by atoms with Gasteiger partial charge in [-0.25, -0.2) is 8.78 Å². The molecule has 0 amide bonds. The van der Waals surface area contributed by atoms with Crippen molar-refractivity contribution in [2.24, 2.45) is 5.41 Å². The van der Waals surface area contributed by atoms with Gasteiger partial charge in [-0.2, -0.15) is 0 Å². The van der Waals surface area contributed by atoms with Crippen LogP contribution in [0.3, 0.4) is 0 Å². The molecule has 1 saturated heterocycles. The van der Waals surface area contributed by atoms with Crippen molar-refractivity contribution in [3.8, 4) is 28.4 Å². The van der Waals surface area contributed by atoms with E-state index in [1.54, 1.807) is 18.2 Å². The molecule has 40 heavy (non-hydrogen) atoms. The van der Waals surface area contributed by atoms with Crippen molar-refractivity contribution in [3.63, 3.8) is 0 Å². The van der Waals surface area contributed by atoms with Crippen molar-refractivity contribution in [1.82, 2.24) is 0 Å². The van der Waals surface area contributed by atoms with E-state index in [0.29, 0.717) is 49.7 Å². The molecule has 3 aromatic carbocycles. The quantitative estimate of drug-likeness (QED) is 0.337. The van der Waals surface area contributed by atoms with E-state index in [1.807, 2.05) is 26.0 Å². The van der Waals surface area contributed by atoms with Gasteiger partial charge in [0.1, 0.15) is 23.4 Å². The molecule has 3 aliphatic rings. The molecule has 0 spiro atoms. The van der Waals surface area contributed by atoms with Crippen molar-refractivity contribution in [2.75, 3.05) is 26.4 Å². The van der Waals surface area contributed by atoms with Crippen molar-refractivity contribution in [1.29, 1.82) is 0 Å². The van der Waals surface area contributed by atoms with Gasteiger partial charge in [-0.1, -0.05) is 13.0 Å². The number of ether oxygens (including phenoxy) is 4. The zero-order valence-corrected chi connectivity index (χ0v) is 22.8. The molecule has 1 N–H and O–H groups in total. The van der Waals surface area contributed by atoms with Crippen LogP contribution >= 0.6 is 0 Å². The third kappa shape index (κ3) is 4.79. The first-order valence-corrected chi connectivity index (χ1v) is 13.6. The van der Waals surface area contributed by atoms with Crippen molar-refractivity contribution in [3.05, 3.63) is 75.8 Å². The van der Waals surface area contributed by atoms with Gasteiger partial charge in [-0.3, -0.25) is 4.79 Å². The van der Waals surface area contributed by atoms with Gasteiger partial charge < -0.3 is 24.1 Å². The smallest absolute Gasteiger partial charge is 0.304 e. The lowest BCUT2D eigenvalue weighted by Crippen LogP contribution is -2.44. The lowest BCUT2D eigenvalue weighted by molar-refractivity contribution is -0.137. The summed E-state index contributed by atoms with van der Waals surface area (Å²) < 4.78 is 53.6. The highest BCUT2D eigenvalue weighted by molar-refractivity contribution is 5.76. The van der Waals surface area contributed by atoms with Crippen molar-refractivity contribution >= 4 is 5.97 Å². The maximum atomic E-state index is 15.3. The second-order valence-electron chi connectivity index (χ2n) is 11.6. The van der Waals surface area contributed by atoms with Crippen LogP contribution in [-0.4, -0.2) is 37.5 Å². The zero-order chi connectivity index (χ0) is 28.2. The molecule has 2 atom stereocenters. The van der Waals surface area contributed by atoms with Crippen LogP contribution in [0.1, 0.15) is 59.6 Å². The maximum absolute atomic E-state index is 15.3. The van der Waals surface area contributed by atoms with E-state index in [2.05, 4.69) is 6.92 Å². The minimum Gasteiger partial charge on any atom is -0.493 e. The van der Waals surface area contributed by atoms with Crippen LogP contribution in [0.5, 0.6) is 17.2 Å². The number of aliphatic carboxylic acids is 1. The molecular weight excluding hydrogens is 518 g/mol. The van der Waals surface area contributed by atoms with Crippen LogP contribution in [0, 0.1) is 30.9 Å². The normalized spacial score (nSPS) is 20.3. The number of halogens is 2. The third-order valence-corrected chi connectivity index (χ3v) is 8.17. The summed E-state index contributed by atoms with van der Waals surface area (Å²) >= 11 is 0. The number of aryl methyl sites for hydroxylation is 2. The molecule has 2 heterocycles. The first-order chi connectivity index (χ1) is 19.1. The van der Waals surface area contributed by atoms with E-state index in [-0.39, 0.29) is 29.9 Å². The molecule has 0 saturated carbocycles. The van der Waals surface area contributed by atoms with E-state index in [9.17, 15) is 4.79 Å². The van der Waals surface area contributed by atoms with Gasteiger partial charge in [0.05, 0.1) is 32.8 Å². The summed E-state index contributed by atoms with van der Waals surface area (Å²) in [5.41, 5.74) is 5.23. The Balaban J connectivity index is 1.28. The number of hydrogen-bond donors (Lipinski definition) is 1. The average molecular weight is 551 g/mol. The summed E-state index contributed by atoms with van der Waals surface area (Å²) in [5, 5.41) is 9.15. The largest absolute Gasteiger partial charge is 0.493 e. The molecule has 0 aromatic heterocycles. The highest BCUT2D eigenvalue weighted by Gasteiger charge is 2.35. The molecule has 6 rings (SSSR count). The van der Waals surface area contributed by atoms with Crippen LogP contribution in [0.25, 0.3) is 11.1 Å². The number of carboxylic acids is 1. The average Bonchev–Trinajstić information content (AvgIpc) is 3.48. The minimum atomic E-state index is -0.907. The van der Waals surface area contributed by atoms with E-state index >= 15 is 8.78 Å². The Labute approximate surface area is 231 Å². The molecule has 210 valence electrons. The molecule has 0 radical (unpaired) electrons. The van der Waals surface area contributed by atoms with Gasteiger partial charge >= 0.3 is 5.97 Å². The Bertz CT molecular complexity index is 1470. The zero-order valence-electron chi connectivity index (χ0n) is 22.8. The Kier molecular flexibility index (Phi) is 6.69. The van der Waals surface area contributed by atoms with E-state index in [4.69, 9.17) is 24.1 Å². The summed E-state index contributed by atoms with van der Waals surface area (Å²) in [6.45, 7) is 8.24. The number of benzene rings is 3. The Morgan fingerprint density at radius 1 is 1.10 bits per heavy atom. The first kappa shape index (κ1) is 26.6. The highest BCUT2D eigenvalue weighted by atomic mass is 19.2. The predicted molar refractivity (Wildman–Crippen MR) is 144 cm³/mol. The van der Waals surface area contributed by atoms with Crippen molar-refractivity contribution in [2.45, 2.75) is 52.1 Å². The molecule has 2 aliphatic heterocycles. The molecular formula is C32H32F2O6. The van der Waals surface area contributed by atoms with E-state index in [1.165, 1.54) is 6.07 Å². The fourth-order valence-electron chi connectivity index (χ4n) is 6.15. The van der Waals surface area contributed by atoms with Crippen LogP contribution in [0.2, 0.25) is 0 Å². The second kappa shape index (κ2) is 10.1. The minimum absolute atomic E-state index is 0.0154. The summed E-state index contributed by atoms with van der Waals surface area (Å²) in [6, 6.07) is 10.4. The molecule has 1 unspecified atom stereocenters. The van der Waals surface area contributed by atoms with Gasteiger partial charge in [0.2, 0.25) is 0 Å². The molecule has 3 aromatic rings. The van der Waals surface area contributed by atoms with Crippen LogP contribution in [0.15, 0.2) is 36.4 Å². The number of carbonyl (C=O) groups is 1. The Hall–Kier alpha value is -3.65. The lowest BCUT2D eigenvalue weighted by Gasteiger charge is -2.37. The lowest BCUT2D eigenvalue weighted by atomic mass is 9.89. The fourth-order valence-corrected chi connectivity index (χ4v) is 6.15. The van der Waals surface area contributed by atoms with E-state index in [0.717, 1.165) is 33.6 Å². The summed E-state index contributed by atoms with van der Waals surface area (Å²) in [5.74, 6) is -1.12. The number of rotatable bonds is 8. The number of carboxylic acid groups (broad SMARTS) is 1.